The third-order valence-electron chi connectivity index (χ3n) is 0.657. The predicted molar refractivity (Wildman–Crippen MR) is 36.5 cm³/mol. The van der Waals surface area contributed by atoms with Crippen LogP contribution < -0.4 is 16.9 Å². The first kappa shape index (κ1) is 9.09. The predicted octanol–water partition coefficient (Wildman–Crippen LogP) is -1.54. The second-order valence-electron chi connectivity index (χ2n) is 1.56. The van der Waals surface area contributed by atoms with Crippen LogP contribution in [0.15, 0.2) is 12.2 Å². The maximum Gasteiger partial charge on any atom is 0.349 e. The lowest BCUT2D eigenvalue weighted by molar-refractivity contribution is -0.143. The Morgan fingerprint density at radius 2 is 2.30 bits per heavy atom. The van der Waals surface area contributed by atoms with Gasteiger partial charge in [-0.05, 0) is 6.08 Å². The Kier molecular flexibility index (Phi) is 4.47. The van der Waals surface area contributed by atoms with Crippen molar-refractivity contribution in [1.82, 2.24) is 5.48 Å². The number of nitrogens with two attached hydrogens (primary N) is 2. The van der Waals surface area contributed by atoms with Crippen LogP contribution in [0.1, 0.15) is 0 Å². The average molecular weight is 145 g/mol. The summed E-state index contributed by atoms with van der Waals surface area (Å²) in [4.78, 5) is 14.8. The van der Waals surface area contributed by atoms with Crippen molar-refractivity contribution in [2.24, 2.45) is 11.5 Å². The molecule has 0 amide bonds. The molecule has 0 fully saturated rings. The smallest absolute Gasteiger partial charge is 0.349 e. The lowest BCUT2D eigenvalue weighted by atomic mass is 10.4. The van der Waals surface area contributed by atoms with Gasteiger partial charge in [0.15, 0.2) is 0 Å². The minimum Gasteiger partial charge on any atom is -0.367 e. The number of carbonyl (C=O) groups is 1. The summed E-state index contributed by atoms with van der Waals surface area (Å²) in [6, 6.07) is 0. The van der Waals surface area contributed by atoms with E-state index in [-0.39, 0.29) is 0 Å². The number of hydrogen-bond acceptors (Lipinski definition) is 5. The van der Waals surface area contributed by atoms with Crippen LogP contribution in [-0.2, 0) is 9.63 Å². The summed E-state index contributed by atoms with van der Waals surface area (Å²) < 4.78 is 0. The van der Waals surface area contributed by atoms with Crippen LogP contribution in [0.5, 0.6) is 0 Å². The van der Waals surface area contributed by atoms with Crippen molar-refractivity contribution in [2.45, 2.75) is 6.17 Å². The van der Waals surface area contributed by atoms with Gasteiger partial charge in [0, 0.05) is 13.1 Å². The zero-order valence-corrected chi connectivity index (χ0v) is 5.70. The number of nitrogens with one attached hydrogen (secondary N) is 1. The molecular weight excluding hydrogens is 134 g/mol. The van der Waals surface area contributed by atoms with Gasteiger partial charge in [-0.25, -0.2) is 4.79 Å². The van der Waals surface area contributed by atoms with Gasteiger partial charge in [-0.2, -0.15) is 5.48 Å². The maximum atomic E-state index is 10.5. The Morgan fingerprint density at radius 1 is 1.70 bits per heavy atom. The molecule has 0 saturated carbocycles. The molecule has 0 aliphatic rings. The van der Waals surface area contributed by atoms with Crippen LogP contribution in [0, 0.1) is 0 Å². The van der Waals surface area contributed by atoms with Gasteiger partial charge in [0.2, 0.25) is 0 Å². The maximum absolute atomic E-state index is 10.5. The molecule has 0 saturated heterocycles. The summed E-state index contributed by atoms with van der Waals surface area (Å²) >= 11 is 0. The molecule has 10 heavy (non-hydrogen) atoms. The molecule has 0 unspecified atom stereocenters. The molecule has 0 spiro atoms. The minimum absolute atomic E-state index is 0.525. The normalized spacial score (nSPS) is 10.8. The van der Waals surface area contributed by atoms with Crippen molar-refractivity contribution in [3.05, 3.63) is 12.2 Å². The molecule has 0 aliphatic heterocycles. The quantitative estimate of drug-likeness (QED) is 0.254. The molecule has 0 aromatic heterocycles. The highest BCUT2D eigenvalue weighted by molar-refractivity contribution is 5.81. The van der Waals surface area contributed by atoms with Crippen LogP contribution in [-0.4, -0.2) is 19.2 Å². The van der Waals surface area contributed by atoms with Crippen LogP contribution in [0.4, 0.5) is 0 Å². The summed E-state index contributed by atoms with van der Waals surface area (Å²) in [6.45, 7) is 0. The van der Waals surface area contributed by atoms with Crippen molar-refractivity contribution in [3.8, 4) is 0 Å². The molecule has 5 heteroatoms. The third kappa shape index (κ3) is 5.23. The van der Waals surface area contributed by atoms with Crippen molar-refractivity contribution in [3.63, 3.8) is 0 Å². The SMILES string of the molecule is CNOC(=O)/C=C/C(N)N. The number of carbonyl (C=O) groups excluding carboxylic acids is 1. The molecule has 0 aromatic rings. The number of rotatable bonds is 3. The molecule has 58 valence electrons. The monoisotopic (exact) mass is 145 g/mol. The Morgan fingerprint density at radius 3 is 2.70 bits per heavy atom. The van der Waals surface area contributed by atoms with E-state index in [1.54, 1.807) is 0 Å². The molecule has 0 aliphatic carbocycles. The van der Waals surface area contributed by atoms with E-state index in [1.165, 1.54) is 13.1 Å². The van der Waals surface area contributed by atoms with E-state index in [0.29, 0.717) is 0 Å². The second kappa shape index (κ2) is 4.92. The zero-order chi connectivity index (χ0) is 7.98. The Bertz CT molecular complexity index is 133. The van der Waals surface area contributed by atoms with Gasteiger partial charge in [0.25, 0.3) is 0 Å². The van der Waals surface area contributed by atoms with E-state index >= 15 is 0 Å². The highest BCUT2D eigenvalue weighted by atomic mass is 16.7. The number of hydrogen-bond donors (Lipinski definition) is 3. The largest absolute Gasteiger partial charge is 0.367 e. The Balaban J connectivity index is 3.56. The van der Waals surface area contributed by atoms with Crippen LogP contribution in [0.3, 0.4) is 0 Å². The van der Waals surface area contributed by atoms with Crippen molar-refractivity contribution in [1.29, 1.82) is 0 Å². The van der Waals surface area contributed by atoms with Gasteiger partial charge in [0.1, 0.15) is 0 Å². The molecule has 0 heterocycles. The van der Waals surface area contributed by atoms with E-state index < -0.39 is 12.1 Å². The molecule has 0 radical (unpaired) electrons. The number of hydroxylamine groups is 1. The van der Waals surface area contributed by atoms with Crippen LogP contribution >= 0.6 is 0 Å². The molecular formula is C5H11N3O2. The highest BCUT2D eigenvalue weighted by Crippen LogP contribution is 1.76. The molecule has 5 nitrogen and oxygen atoms in total. The van der Waals surface area contributed by atoms with Crippen LogP contribution in [0.2, 0.25) is 0 Å². The Labute approximate surface area is 59.0 Å². The fourth-order valence-electron chi connectivity index (χ4n) is 0.324. The van der Waals surface area contributed by atoms with Gasteiger partial charge >= 0.3 is 5.97 Å². The van der Waals surface area contributed by atoms with E-state index in [2.05, 4.69) is 10.3 Å². The third-order valence-corrected chi connectivity index (χ3v) is 0.657. The standard InChI is InChI=1S/C5H11N3O2/c1-8-10-5(9)3-2-4(6)7/h2-4,8H,6-7H2,1H3/b3-2+. The molecule has 5 N–H and O–H groups in total. The van der Waals surface area contributed by atoms with E-state index in [4.69, 9.17) is 11.5 Å². The first-order valence-electron chi connectivity index (χ1n) is 2.73. The van der Waals surface area contributed by atoms with Crippen LogP contribution in [0.25, 0.3) is 0 Å². The van der Waals surface area contributed by atoms with E-state index in [1.807, 2.05) is 0 Å². The minimum atomic E-state index is -0.621. The molecule has 0 atom stereocenters. The van der Waals surface area contributed by atoms with Gasteiger partial charge in [-0.1, -0.05) is 0 Å². The summed E-state index contributed by atoms with van der Waals surface area (Å²) in [5, 5.41) is 0. The van der Waals surface area contributed by atoms with Gasteiger partial charge in [0.05, 0.1) is 6.17 Å². The molecule has 0 aromatic carbocycles. The van der Waals surface area contributed by atoms with Gasteiger partial charge in [-0.3, -0.25) is 0 Å². The van der Waals surface area contributed by atoms with Crippen molar-refractivity contribution in [2.75, 3.05) is 7.05 Å². The topological polar surface area (TPSA) is 90.4 Å². The lowest BCUT2D eigenvalue weighted by Gasteiger charge is -1.96. The van der Waals surface area contributed by atoms with Gasteiger partial charge < -0.3 is 16.3 Å². The fraction of sp³-hybridized carbons (Fsp3) is 0.400. The first-order valence-corrected chi connectivity index (χ1v) is 2.73. The fourth-order valence-corrected chi connectivity index (χ4v) is 0.324. The van der Waals surface area contributed by atoms with E-state index in [9.17, 15) is 4.79 Å². The summed E-state index contributed by atoms with van der Waals surface area (Å²) in [7, 11) is 1.48. The van der Waals surface area contributed by atoms with Crippen molar-refractivity contribution >= 4 is 5.97 Å². The van der Waals surface area contributed by atoms with Gasteiger partial charge in [-0.15, -0.1) is 0 Å². The van der Waals surface area contributed by atoms with Crippen molar-refractivity contribution < 1.29 is 9.63 Å². The first-order chi connectivity index (χ1) is 4.66. The van der Waals surface area contributed by atoms with E-state index in [0.717, 1.165) is 6.08 Å². The zero-order valence-electron chi connectivity index (χ0n) is 5.70. The second-order valence-corrected chi connectivity index (χ2v) is 1.56. The molecule has 0 rings (SSSR count). The summed E-state index contributed by atoms with van der Waals surface area (Å²) in [5.41, 5.74) is 12.4. The summed E-state index contributed by atoms with van der Waals surface area (Å²) in [5.74, 6) is -0.525. The lowest BCUT2D eigenvalue weighted by Crippen LogP contribution is -2.28. The highest BCUT2D eigenvalue weighted by Gasteiger charge is 1.93. The summed E-state index contributed by atoms with van der Waals surface area (Å²) in [6.07, 6.45) is 1.87. The average Bonchev–Trinajstić information content (AvgIpc) is 1.85. The molecule has 0 bridgehead atoms. The Hall–Kier alpha value is -0.910.